The number of rotatable bonds is 3. The summed E-state index contributed by atoms with van der Waals surface area (Å²) < 4.78 is 7.19. The molecule has 1 aliphatic rings. The molecule has 0 amide bonds. The van der Waals surface area contributed by atoms with Gasteiger partial charge in [-0.1, -0.05) is 0 Å². The smallest absolute Gasteiger partial charge is 0.206 e. The molecule has 0 spiro atoms. The van der Waals surface area contributed by atoms with Gasteiger partial charge in [0.25, 0.3) is 0 Å². The zero-order chi connectivity index (χ0) is 18.4. The van der Waals surface area contributed by atoms with E-state index in [-0.39, 0.29) is 17.2 Å². The Morgan fingerprint density at radius 2 is 2.12 bits per heavy atom. The molecule has 0 bridgehead atoms. The van der Waals surface area contributed by atoms with Crippen molar-refractivity contribution in [2.24, 2.45) is 12.2 Å². The molecule has 0 aliphatic carbocycles. The lowest BCUT2D eigenvalue weighted by molar-refractivity contribution is -0.0384. The Morgan fingerprint density at radius 3 is 2.81 bits per heavy atom. The molecular weight excluding hydrogens is 346 g/mol. The van der Waals surface area contributed by atoms with Crippen molar-refractivity contribution in [3.63, 3.8) is 0 Å². The van der Waals surface area contributed by atoms with Crippen LogP contribution in [0.1, 0.15) is 24.0 Å². The summed E-state index contributed by atoms with van der Waals surface area (Å²) in [4.78, 5) is 16.4. The summed E-state index contributed by atoms with van der Waals surface area (Å²) in [5, 5.41) is 35.8. The second kappa shape index (κ2) is 5.96. The van der Waals surface area contributed by atoms with E-state index in [0.29, 0.717) is 11.5 Å². The Labute approximate surface area is 144 Å². The number of aliphatic hydroxyl groups is 2. The van der Waals surface area contributed by atoms with Crippen LogP contribution in [-0.2, 0) is 11.8 Å². The second-order valence-electron chi connectivity index (χ2n) is 5.67. The van der Waals surface area contributed by atoms with Gasteiger partial charge in [0.2, 0.25) is 5.82 Å². The first kappa shape index (κ1) is 16.3. The molecule has 0 radical (unpaired) electrons. The van der Waals surface area contributed by atoms with Crippen LogP contribution in [0.15, 0.2) is 11.4 Å². The SMILES string of the molecule is Cc1nc(N=[N+]=[N-])c2ncn(C3OC(c4nnn(C)n4)C(O)C3O)c2n1. The number of ether oxygens (including phenoxy) is 1. The third kappa shape index (κ3) is 2.44. The van der Waals surface area contributed by atoms with Crippen molar-refractivity contribution in [3.05, 3.63) is 28.4 Å². The van der Waals surface area contributed by atoms with Crippen LogP contribution in [0, 0.1) is 6.92 Å². The Morgan fingerprint density at radius 1 is 1.31 bits per heavy atom. The summed E-state index contributed by atoms with van der Waals surface area (Å²) in [5.74, 6) is 0.558. The molecule has 1 aliphatic heterocycles. The highest BCUT2D eigenvalue weighted by molar-refractivity contribution is 5.81. The van der Waals surface area contributed by atoms with Crippen molar-refractivity contribution in [1.82, 2.24) is 39.7 Å². The van der Waals surface area contributed by atoms with Gasteiger partial charge in [-0.25, -0.2) is 15.0 Å². The van der Waals surface area contributed by atoms with E-state index in [4.69, 9.17) is 10.3 Å². The predicted octanol–water partition coefficient (Wildman–Crippen LogP) is -0.408. The van der Waals surface area contributed by atoms with Crippen LogP contribution in [0.2, 0.25) is 0 Å². The van der Waals surface area contributed by atoms with E-state index in [1.54, 1.807) is 14.0 Å². The maximum absolute atomic E-state index is 10.4. The molecule has 1 fully saturated rings. The van der Waals surface area contributed by atoms with Gasteiger partial charge in [0.1, 0.15) is 23.5 Å². The van der Waals surface area contributed by atoms with Gasteiger partial charge in [-0.15, -0.1) is 10.2 Å². The van der Waals surface area contributed by atoms with Gasteiger partial charge in [0, 0.05) is 4.91 Å². The Hall–Kier alpha value is -3.19. The zero-order valence-electron chi connectivity index (χ0n) is 13.6. The minimum Gasteiger partial charge on any atom is -0.387 e. The van der Waals surface area contributed by atoms with Crippen molar-refractivity contribution in [2.75, 3.05) is 0 Å². The summed E-state index contributed by atoms with van der Waals surface area (Å²) in [6, 6.07) is 0. The Bertz CT molecular complexity index is 1020. The first-order valence-corrected chi connectivity index (χ1v) is 7.51. The standard InChI is InChI=1S/C12H13N11O3/c1-4-15-9(17-20-13)5-11(16-4)23(3-14-5)12-7(25)6(24)8(26-12)10-18-21-22(2)19-10/h3,6-8,12,24-25H,1-2H3. The molecule has 2 N–H and O–H groups in total. The molecule has 26 heavy (non-hydrogen) atoms. The van der Waals surface area contributed by atoms with Gasteiger partial charge >= 0.3 is 0 Å². The van der Waals surface area contributed by atoms with E-state index in [9.17, 15) is 10.2 Å². The highest BCUT2D eigenvalue weighted by Crippen LogP contribution is 2.38. The lowest BCUT2D eigenvalue weighted by Gasteiger charge is -2.16. The number of aryl methyl sites for hydroxylation is 2. The summed E-state index contributed by atoms with van der Waals surface area (Å²) in [7, 11) is 1.58. The number of aliphatic hydroxyl groups excluding tert-OH is 2. The molecular formula is C12H13N11O3. The van der Waals surface area contributed by atoms with Crippen molar-refractivity contribution in [3.8, 4) is 0 Å². The van der Waals surface area contributed by atoms with Gasteiger partial charge in [0.05, 0.1) is 13.4 Å². The molecule has 14 nitrogen and oxygen atoms in total. The highest BCUT2D eigenvalue weighted by Gasteiger charge is 2.47. The Kier molecular flexibility index (Phi) is 3.73. The average molecular weight is 359 g/mol. The average Bonchev–Trinajstić information content (AvgIpc) is 3.28. The van der Waals surface area contributed by atoms with Crippen LogP contribution in [0.25, 0.3) is 21.6 Å². The number of aromatic nitrogens is 8. The predicted molar refractivity (Wildman–Crippen MR) is 82.5 cm³/mol. The number of tetrazole rings is 1. The number of hydrogen-bond donors (Lipinski definition) is 2. The third-order valence-corrected chi connectivity index (χ3v) is 3.94. The lowest BCUT2D eigenvalue weighted by atomic mass is 10.1. The number of imidazole rings is 1. The molecule has 4 unspecified atom stereocenters. The third-order valence-electron chi connectivity index (χ3n) is 3.94. The summed E-state index contributed by atoms with van der Waals surface area (Å²) in [5.41, 5.74) is 9.22. The first-order valence-electron chi connectivity index (χ1n) is 7.51. The molecule has 0 saturated carbocycles. The molecule has 0 aromatic carbocycles. The van der Waals surface area contributed by atoms with Crippen LogP contribution >= 0.6 is 0 Å². The van der Waals surface area contributed by atoms with E-state index in [1.165, 1.54) is 15.7 Å². The lowest BCUT2D eigenvalue weighted by Crippen LogP contribution is -2.29. The van der Waals surface area contributed by atoms with E-state index >= 15 is 0 Å². The van der Waals surface area contributed by atoms with E-state index in [0.717, 1.165) is 0 Å². The summed E-state index contributed by atoms with van der Waals surface area (Å²) >= 11 is 0. The highest BCUT2D eigenvalue weighted by atomic mass is 16.6. The van der Waals surface area contributed by atoms with Crippen LogP contribution < -0.4 is 0 Å². The van der Waals surface area contributed by atoms with Gasteiger partial charge in [-0.05, 0) is 22.8 Å². The molecule has 14 heteroatoms. The second-order valence-corrected chi connectivity index (χ2v) is 5.67. The fourth-order valence-corrected chi connectivity index (χ4v) is 2.82. The molecule has 4 atom stereocenters. The first-order chi connectivity index (χ1) is 12.5. The summed E-state index contributed by atoms with van der Waals surface area (Å²) in [6.07, 6.45) is -3.18. The topological polar surface area (TPSA) is 186 Å². The minimum absolute atomic E-state index is 0.0638. The van der Waals surface area contributed by atoms with E-state index < -0.39 is 24.5 Å². The minimum atomic E-state index is -1.29. The monoisotopic (exact) mass is 359 g/mol. The molecule has 134 valence electrons. The van der Waals surface area contributed by atoms with Gasteiger partial charge in [-0.2, -0.15) is 4.80 Å². The fourth-order valence-electron chi connectivity index (χ4n) is 2.82. The van der Waals surface area contributed by atoms with Crippen LogP contribution in [0.5, 0.6) is 0 Å². The molecule has 4 rings (SSSR count). The normalized spacial score (nSPS) is 25.5. The number of fused-ring (bicyclic) bond motifs is 1. The van der Waals surface area contributed by atoms with Crippen LogP contribution in [-0.4, -0.2) is 62.1 Å². The number of hydrogen-bond acceptors (Lipinski definition) is 10. The number of nitrogens with zero attached hydrogens (tertiary/aromatic N) is 11. The van der Waals surface area contributed by atoms with Crippen molar-refractivity contribution in [2.45, 2.75) is 31.5 Å². The molecule has 3 aromatic rings. The van der Waals surface area contributed by atoms with Gasteiger partial charge in [0.15, 0.2) is 23.8 Å². The van der Waals surface area contributed by atoms with Crippen molar-refractivity contribution in [1.29, 1.82) is 0 Å². The van der Waals surface area contributed by atoms with E-state index in [2.05, 4.69) is 40.4 Å². The largest absolute Gasteiger partial charge is 0.387 e. The zero-order valence-corrected chi connectivity index (χ0v) is 13.6. The maximum atomic E-state index is 10.4. The molecule has 4 heterocycles. The fraction of sp³-hybridized carbons (Fsp3) is 0.500. The van der Waals surface area contributed by atoms with E-state index in [1.807, 2.05) is 0 Å². The van der Waals surface area contributed by atoms with Gasteiger partial charge < -0.3 is 14.9 Å². The molecule has 1 saturated heterocycles. The van der Waals surface area contributed by atoms with Crippen molar-refractivity contribution < 1.29 is 14.9 Å². The van der Waals surface area contributed by atoms with Crippen molar-refractivity contribution >= 4 is 17.0 Å². The quantitative estimate of drug-likeness (QED) is 0.356. The molecule has 3 aromatic heterocycles. The summed E-state index contributed by atoms with van der Waals surface area (Å²) in [6.45, 7) is 1.63. The van der Waals surface area contributed by atoms with Crippen LogP contribution in [0.3, 0.4) is 0 Å². The Balaban J connectivity index is 1.77. The number of azide groups is 1. The van der Waals surface area contributed by atoms with Gasteiger partial charge in [-0.3, -0.25) is 4.57 Å². The van der Waals surface area contributed by atoms with Crippen LogP contribution in [0.4, 0.5) is 5.82 Å². The maximum Gasteiger partial charge on any atom is 0.206 e.